The van der Waals surface area contributed by atoms with Crippen molar-refractivity contribution in [1.82, 2.24) is 4.57 Å². The molecule has 2 N–H and O–H groups in total. The number of hydrogen-bond donors (Lipinski definition) is 1. The molecular weight excluding hydrogens is 312 g/mol. The number of fused-ring (bicyclic) bond motifs is 1. The second-order valence-electron chi connectivity index (χ2n) is 5.08. The molecule has 0 radical (unpaired) electrons. The van der Waals surface area contributed by atoms with Crippen LogP contribution < -0.4 is 11.3 Å². The first-order valence-electron chi connectivity index (χ1n) is 7.21. The zero-order valence-corrected chi connectivity index (χ0v) is 13.6. The fourth-order valence-corrected chi connectivity index (χ4v) is 3.77. The summed E-state index contributed by atoms with van der Waals surface area (Å²) in [7, 11) is 0. The van der Waals surface area contributed by atoms with E-state index in [4.69, 9.17) is 10.5 Å². The average molecular weight is 328 g/mol. The third kappa shape index (κ3) is 2.51. The molecule has 0 aliphatic rings. The van der Waals surface area contributed by atoms with Crippen molar-refractivity contribution in [2.45, 2.75) is 13.8 Å². The first-order valence-corrected chi connectivity index (χ1v) is 8.03. The molecule has 3 rings (SSSR count). The maximum Gasteiger partial charge on any atom is 0.350 e. The highest BCUT2D eigenvalue weighted by Crippen LogP contribution is 2.36. The van der Waals surface area contributed by atoms with Crippen molar-refractivity contribution in [1.29, 1.82) is 0 Å². The highest BCUT2D eigenvalue weighted by Gasteiger charge is 2.22. The molecule has 2 heterocycles. The molecule has 0 amide bonds. The van der Waals surface area contributed by atoms with Gasteiger partial charge in [-0.15, -0.1) is 11.3 Å². The zero-order chi connectivity index (χ0) is 16.6. The lowest BCUT2D eigenvalue weighted by atomic mass is 10.1. The molecule has 0 aliphatic carbocycles. The van der Waals surface area contributed by atoms with E-state index in [1.165, 1.54) is 17.4 Å². The third-order valence-corrected chi connectivity index (χ3v) is 4.73. The van der Waals surface area contributed by atoms with E-state index >= 15 is 0 Å². The van der Waals surface area contributed by atoms with Crippen molar-refractivity contribution in [2.75, 3.05) is 12.3 Å². The molecule has 1 aromatic carbocycles. The van der Waals surface area contributed by atoms with Gasteiger partial charge in [0.1, 0.15) is 9.71 Å². The van der Waals surface area contributed by atoms with Crippen molar-refractivity contribution in [3.8, 4) is 5.69 Å². The molecular formula is C17H16N2O3S. The van der Waals surface area contributed by atoms with E-state index in [-0.39, 0.29) is 12.2 Å². The Balaban J connectivity index is 2.36. The highest BCUT2D eigenvalue weighted by molar-refractivity contribution is 7.21. The number of nitrogen functional groups attached to an aromatic ring is 1. The monoisotopic (exact) mass is 328 g/mol. The molecule has 5 nitrogen and oxygen atoms in total. The van der Waals surface area contributed by atoms with Crippen LogP contribution in [0.3, 0.4) is 0 Å². The van der Waals surface area contributed by atoms with E-state index in [0.29, 0.717) is 15.4 Å². The van der Waals surface area contributed by atoms with E-state index in [2.05, 4.69) is 0 Å². The summed E-state index contributed by atoms with van der Waals surface area (Å²) >= 11 is 1.19. The van der Waals surface area contributed by atoms with Crippen LogP contribution in [0.15, 0.2) is 41.2 Å². The lowest BCUT2D eigenvalue weighted by molar-refractivity contribution is 0.0533. The molecule has 0 saturated heterocycles. The lowest BCUT2D eigenvalue weighted by Crippen LogP contribution is -2.17. The van der Waals surface area contributed by atoms with Crippen molar-refractivity contribution < 1.29 is 9.53 Å². The summed E-state index contributed by atoms with van der Waals surface area (Å²) in [6.07, 6.45) is 0. The van der Waals surface area contributed by atoms with E-state index in [1.54, 1.807) is 11.5 Å². The molecule has 118 valence electrons. The van der Waals surface area contributed by atoms with Crippen LogP contribution in [0.2, 0.25) is 0 Å². The van der Waals surface area contributed by atoms with Crippen LogP contribution >= 0.6 is 11.3 Å². The van der Waals surface area contributed by atoms with Gasteiger partial charge in [0.2, 0.25) is 0 Å². The molecule has 0 aliphatic heterocycles. The molecule has 0 atom stereocenters. The maximum absolute atomic E-state index is 12.5. The predicted octanol–water partition coefficient (Wildman–Crippen LogP) is 3.12. The number of hydrogen-bond acceptors (Lipinski definition) is 5. The number of nitrogens with two attached hydrogens (primary N) is 1. The minimum Gasteiger partial charge on any atom is -0.462 e. The molecule has 2 aromatic heterocycles. The zero-order valence-electron chi connectivity index (χ0n) is 12.8. The third-order valence-electron chi connectivity index (χ3n) is 3.56. The standard InChI is InChI=1S/C17H16N2O3S/c1-3-22-17(21)15-14(18)13-10(2)9-12(20)19(16(13)23-15)11-7-5-4-6-8-11/h4-9H,3,18H2,1-2H3. The van der Waals surface area contributed by atoms with Crippen LogP contribution in [0, 0.1) is 6.92 Å². The number of nitrogens with zero attached hydrogens (tertiary/aromatic N) is 1. The molecule has 0 fully saturated rings. The van der Waals surface area contributed by atoms with Gasteiger partial charge >= 0.3 is 5.97 Å². The Morgan fingerprint density at radius 3 is 2.65 bits per heavy atom. The quantitative estimate of drug-likeness (QED) is 0.750. The van der Waals surface area contributed by atoms with Gasteiger partial charge in [-0.05, 0) is 31.5 Å². The van der Waals surface area contributed by atoms with Gasteiger partial charge in [-0.1, -0.05) is 18.2 Å². The average Bonchev–Trinajstić information content (AvgIpc) is 2.86. The first-order chi connectivity index (χ1) is 11.0. The van der Waals surface area contributed by atoms with Crippen molar-refractivity contribution in [3.63, 3.8) is 0 Å². The number of ether oxygens (including phenoxy) is 1. The van der Waals surface area contributed by atoms with E-state index < -0.39 is 5.97 Å². The van der Waals surface area contributed by atoms with Crippen LogP contribution in [-0.2, 0) is 4.74 Å². The summed E-state index contributed by atoms with van der Waals surface area (Å²) in [5.74, 6) is -0.460. The number of esters is 1. The molecule has 0 spiro atoms. The van der Waals surface area contributed by atoms with Gasteiger partial charge in [-0.2, -0.15) is 0 Å². The molecule has 0 unspecified atom stereocenters. The van der Waals surface area contributed by atoms with Gasteiger partial charge in [0.25, 0.3) is 5.56 Å². The summed E-state index contributed by atoms with van der Waals surface area (Å²) in [6.45, 7) is 3.83. The maximum atomic E-state index is 12.5. The van der Waals surface area contributed by atoms with E-state index in [9.17, 15) is 9.59 Å². The van der Waals surface area contributed by atoms with Gasteiger partial charge < -0.3 is 10.5 Å². The fourth-order valence-electron chi connectivity index (χ4n) is 2.56. The number of pyridine rings is 1. The van der Waals surface area contributed by atoms with Gasteiger partial charge in [0.15, 0.2) is 0 Å². The Kier molecular flexibility index (Phi) is 3.92. The predicted molar refractivity (Wildman–Crippen MR) is 92.5 cm³/mol. The van der Waals surface area contributed by atoms with Crippen molar-refractivity contribution >= 4 is 33.2 Å². The summed E-state index contributed by atoms with van der Waals surface area (Å²) in [4.78, 5) is 25.6. The Morgan fingerprint density at radius 1 is 1.30 bits per heavy atom. The highest BCUT2D eigenvalue weighted by atomic mass is 32.1. The summed E-state index contributed by atoms with van der Waals surface area (Å²) in [5.41, 5.74) is 7.86. The van der Waals surface area contributed by atoms with Gasteiger partial charge in [-0.3, -0.25) is 9.36 Å². The number of carbonyl (C=O) groups excluding carboxylic acids is 1. The number of aryl methyl sites for hydroxylation is 1. The van der Waals surface area contributed by atoms with E-state index in [1.807, 2.05) is 37.3 Å². The summed E-state index contributed by atoms with van der Waals surface area (Å²) in [6, 6.07) is 10.8. The van der Waals surface area contributed by atoms with Crippen LogP contribution in [-0.4, -0.2) is 17.1 Å². The number of benzene rings is 1. The number of para-hydroxylation sites is 1. The number of carbonyl (C=O) groups is 1. The minimum atomic E-state index is -0.460. The summed E-state index contributed by atoms with van der Waals surface area (Å²) in [5, 5.41) is 0.724. The molecule has 6 heteroatoms. The Labute approximate surface area is 136 Å². The van der Waals surface area contributed by atoms with Crippen molar-refractivity contribution in [3.05, 3.63) is 57.2 Å². The molecule has 0 saturated carbocycles. The van der Waals surface area contributed by atoms with E-state index in [0.717, 1.165) is 16.6 Å². The second-order valence-corrected chi connectivity index (χ2v) is 6.08. The number of aromatic nitrogens is 1. The largest absolute Gasteiger partial charge is 0.462 e. The second kappa shape index (κ2) is 5.89. The normalized spacial score (nSPS) is 10.9. The van der Waals surface area contributed by atoms with Crippen LogP contribution in [0.5, 0.6) is 0 Å². The lowest BCUT2D eigenvalue weighted by Gasteiger charge is -2.08. The van der Waals surface area contributed by atoms with Gasteiger partial charge in [0.05, 0.1) is 18.0 Å². The number of rotatable bonds is 3. The topological polar surface area (TPSA) is 74.3 Å². The SMILES string of the molecule is CCOC(=O)c1sc2c(c(C)cc(=O)n2-c2ccccc2)c1N. The van der Waals surface area contributed by atoms with Gasteiger partial charge in [-0.25, -0.2) is 4.79 Å². The Bertz CT molecular complexity index is 942. The number of thiophene rings is 1. The summed E-state index contributed by atoms with van der Waals surface area (Å²) < 4.78 is 6.63. The van der Waals surface area contributed by atoms with Crippen molar-refractivity contribution in [2.24, 2.45) is 0 Å². The van der Waals surface area contributed by atoms with Gasteiger partial charge in [0, 0.05) is 11.5 Å². The van der Waals surface area contributed by atoms with Crippen LogP contribution in [0.4, 0.5) is 5.69 Å². The Morgan fingerprint density at radius 2 is 2.00 bits per heavy atom. The number of anilines is 1. The molecule has 0 bridgehead atoms. The van der Waals surface area contributed by atoms with Crippen LogP contribution in [0.1, 0.15) is 22.2 Å². The first kappa shape index (κ1) is 15.3. The molecule has 3 aromatic rings. The smallest absolute Gasteiger partial charge is 0.350 e. The van der Waals surface area contributed by atoms with Crippen LogP contribution in [0.25, 0.3) is 15.9 Å². The molecule has 23 heavy (non-hydrogen) atoms. The fraction of sp³-hybridized carbons (Fsp3) is 0.176. The Hall–Kier alpha value is -2.60. The minimum absolute atomic E-state index is 0.155.